The molecular formula is C18H29N5O2S. The van der Waals surface area contributed by atoms with Crippen LogP contribution in [0.4, 0.5) is 0 Å². The van der Waals surface area contributed by atoms with Gasteiger partial charge in [-0.05, 0) is 31.4 Å². The Bertz CT molecular complexity index is 623. The van der Waals surface area contributed by atoms with Crippen LogP contribution in [0.2, 0.25) is 0 Å². The van der Waals surface area contributed by atoms with E-state index in [9.17, 15) is 9.00 Å². The van der Waals surface area contributed by atoms with Crippen LogP contribution in [-0.2, 0) is 10.8 Å². The quantitative estimate of drug-likeness (QED) is 0.374. The third-order valence-corrected chi connectivity index (χ3v) is 6.21. The average Bonchev–Trinajstić information content (AvgIpc) is 2.70. The number of carbonyl (C=O) groups is 1. The number of nitrogens with one attached hydrogen (secondary N) is 3. The molecule has 144 valence electrons. The molecule has 1 aromatic heterocycles. The summed E-state index contributed by atoms with van der Waals surface area (Å²) in [5.41, 5.74) is 0.548. The second-order valence-electron chi connectivity index (χ2n) is 6.30. The average molecular weight is 380 g/mol. The Balaban J connectivity index is 1.71. The van der Waals surface area contributed by atoms with Crippen molar-refractivity contribution >= 4 is 22.7 Å². The molecule has 8 heteroatoms. The number of pyridine rings is 1. The molecule has 0 saturated heterocycles. The number of rotatable bonds is 7. The summed E-state index contributed by atoms with van der Waals surface area (Å²) in [5.74, 6) is 1.30. The molecule has 1 heterocycles. The highest BCUT2D eigenvalue weighted by Crippen LogP contribution is 2.22. The van der Waals surface area contributed by atoms with Gasteiger partial charge in [-0.3, -0.25) is 19.0 Å². The number of hydrogen-bond acceptors (Lipinski definition) is 4. The van der Waals surface area contributed by atoms with Crippen molar-refractivity contribution in [3.05, 3.63) is 30.1 Å². The summed E-state index contributed by atoms with van der Waals surface area (Å²) in [5, 5.41) is 9.76. The molecule has 7 nitrogen and oxygen atoms in total. The van der Waals surface area contributed by atoms with Crippen LogP contribution >= 0.6 is 0 Å². The highest BCUT2D eigenvalue weighted by molar-refractivity contribution is 7.85. The van der Waals surface area contributed by atoms with Gasteiger partial charge in [-0.15, -0.1) is 0 Å². The summed E-state index contributed by atoms with van der Waals surface area (Å²) in [4.78, 5) is 20.1. The lowest BCUT2D eigenvalue weighted by atomic mass is 9.95. The molecule has 0 aromatic carbocycles. The van der Waals surface area contributed by atoms with Crippen molar-refractivity contribution in [2.24, 2.45) is 4.99 Å². The second-order valence-corrected chi connectivity index (χ2v) is 8.30. The fourth-order valence-electron chi connectivity index (χ4n) is 3.09. The molecule has 26 heavy (non-hydrogen) atoms. The summed E-state index contributed by atoms with van der Waals surface area (Å²) in [7, 11) is 0.996. The minimum absolute atomic E-state index is 0.139. The standard InChI is InChI=1S/C18H29N5O2S/c1-3-26(25)16-8-4-7-15(12-16)23-18(19-2)22-11-10-21-17(24)14-6-5-9-20-13-14/h5-6,9,13,15-16H,3-4,7-8,10-12H2,1-2H3,(H,21,24)(H2,19,22,23). The first-order chi connectivity index (χ1) is 12.6. The Hall–Kier alpha value is -1.96. The first-order valence-electron chi connectivity index (χ1n) is 9.16. The smallest absolute Gasteiger partial charge is 0.252 e. The molecular weight excluding hydrogens is 350 g/mol. The molecule has 1 fully saturated rings. The van der Waals surface area contributed by atoms with E-state index in [4.69, 9.17) is 0 Å². The molecule has 1 aliphatic rings. The van der Waals surface area contributed by atoms with Crippen molar-refractivity contribution in [2.45, 2.75) is 43.9 Å². The zero-order valence-electron chi connectivity index (χ0n) is 15.5. The van der Waals surface area contributed by atoms with Crippen LogP contribution in [0.25, 0.3) is 0 Å². The minimum atomic E-state index is -0.734. The Morgan fingerprint density at radius 1 is 1.35 bits per heavy atom. The maximum atomic E-state index is 12.1. The summed E-state index contributed by atoms with van der Waals surface area (Å²) in [6, 6.07) is 3.76. The molecule has 3 N–H and O–H groups in total. The Morgan fingerprint density at radius 2 is 2.15 bits per heavy atom. The number of guanidine groups is 1. The Labute approximate surface area is 157 Å². The molecule has 1 amide bonds. The molecule has 1 aromatic rings. The van der Waals surface area contributed by atoms with Gasteiger partial charge < -0.3 is 16.0 Å². The number of aromatic nitrogens is 1. The number of nitrogens with zero attached hydrogens (tertiary/aromatic N) is 2. The molecule has 1 aliphatic carbocycles. The van der Waals surface area contributed by atoms with E-state index in [1.165, 1.54) is 0 Å². The molecule has 3 atom stereocenters. The van der Waals surface area contributed by atoms with Crippen LogP contribution in [0.15, 0.2) is 29.5 Å². The largest absolute Gasteiger partial charge is 0.355 e. The first kappa shape index (κ1) is 20.4. The zero-order chi connectivity index (χ0) is 18.8. The highest BCUT2D eigenvalue weighted by atomic mass is 32.2. The van der Waals surface area contributed by atoms with Gasteiger partial charge in [-0.2, -0.15) is 0 Å². The highest BCUT2D eigenvalue weighted by Gasteiger charge is 2.25. The van der Waals surface area contributed by atoms with Gasteiger partial charge in [0.15, 0.2) is 5.96 Å². The Morgan fingerprint density at radius 3 is 2.85 bits per heavy atom. The zero-order valence-corrected chi connectivity index (χ0v) is 16.3. The monoisotopic (exact) mass is 379 g/mol. The van der Waals surface area contributed by atoms with Crippen LogP contribution in [-0.4, -0.2) is 58.2 Å². The van der Waals surface area contributed by atoms with Crippen molar-refractivity contribution in [1.82, 2.24) is 20.9 Å². The molecule has 1 saturated carbocycles. The van der Waals surface area contributed by atoms with E-state index in [0.29, 0.717) is 30.7 Å². The van der Waals surface area contributed by atoms with E-state index in [-0.39, 0.29) is 11.2 Å². The fourth-order valence-corrected chi connectivity index (χ4v) is 4.44. The molecule has 0 spiro atoms. The lowest BCUT2D eigenvalue weighted by Gasteiger charge is -2.30. The molecule has 0 bridgehead atoms. The minimum Gasteiger partial charge on any atom is -0.355 e. The Kier molecular flexibility index (Phi) is 8.53. The van der Waals surface area contributed by atoms with Gasteiger partial charge in [0.05, 0.1) is 5.56 Å². The SMILES string of the molecule is CCS(=O)C1CCCC(NC(=NC)NCCNC(=O)c2cccnc2)C1. The van der Waals surface area contributed by atoms with Crippen molar-refractivity contribution < 1.29 is 9.00 Å². The molecule has 2 rings (SSSR count). The van der Waals surface area contributed by atoms with Gasteiger partial charge in [0, 0.05) is 60.4 Å². The van der Waals surface area contributed by atoms with Gasteiger partial charge in [0.25, 0.3) is 5.91 Å². The third kappa shape index (κ3) is 6.40. The number of amides is 1. The van der Waals surface area contributed by atoms with Crippen LogP contribution in [0.3, 0.4) is 0 Å². The topological polar surface area (TPSA) is 95.5 Å². The summed E-state index contributed by atoms with van der Waals surface area (Å²) in [6.45, 7) is 3.04. The van der Waals surface area contributed by atoms with E-state index in [1.54, 1.807) is 31.6 Å². The summed E-state index contributed by atoms with van der Waals surface area (Å²) >= 11 is 0. The van der Waals surface area contributed by atoms with Crippen LogP contribution in [0, 0.1) is 0 Å². The van der Waals surface area contributed by atoms with Gasteiger partial charge in [-0.25, -0.2) is 0 Å². The third-order valence-electron chi connectivity index (χ3n) is 4.47. The van der Waals surface area contributed by atoms with Crippen LogP contribution in [0.5, 0.6) is 0 Å². The van der Waals surface area contributed by atoms with E-state index < -0.39 is 10.8 Å². The van der Waals surface area contributed by atoms with Crippen molar-refractivity contribution in [2.75, 3.05) is 25.9 Å². The van der Waals surface area contributed by atoms with Gasteiger partial charge in [-0.1, -0.05) is 13.3 Å². The predicted octanol–water partition coefficient (Wildman–Crippen LogP) is 1.06. The first-order valence-corrected chi connectivity index (χ1v) is 10.5. The summed E-state index contributed by atoms with van der Waals surface area (Å²) < 4.78 is 12.1. The molecule has 3 unspecified atom stereocenters. The predicted molar refractivity (Wildman–Crippen MR) is 106 cm³/mol. The van der Waals surface area contributed by atoms with E-state index >= 15 is 0 Å². The number of hydrogen-bond donors (Lipinski definition) is 3. The maximum Gasteiger partial charge on any atom is 0.252 e. The molecule has 0 aliphatic heterocycles. The number of carbonyl (C=O) groups excluding carboxylic acids is 1. The number of aliphatic imine (C=N–C) groups is 1. The lowest BCUT2D eigenvalue weighted by molar-refractivity contribution is 0.0954. The van der Waals surface area contributed by atoms with Gasteiger partial charge >= 0.3 is 0 Å². The maximum absolute atomic E-state index is 12.1. The van der Waals surface area contributed by atoms with Crippen molar-refractivity contribution in [3.8, 4) is 0 Å². The lowest BCUT2D eigenvalue weighted by Crippen LogP contribution is -2.48. The van der Waals surface area contributed by atoms with Crippen molar-refractivity contribution in [1.29, 1.82) is 0 Å². The molecule has 0 radical (unpaired) electrons. The second kappa shape index (κ2) is 10.9. The van der Waals surface area contributed by atoms with Gasteiger partial charge in [0.1, 0.15) is 0 Å². The van der Waals surface area contributed by atoms with E-state index in [2.05, 4.69) is 25.9 Å². The fraction of sp³-hybridized carbons (Fsp3) is 0.611. The van der Waals surface area contributed by atoms with Gasteiger partial charge in [0.2, 0.25) is 0 Å². The van der Waals surface area contributed by atoms with Crippen LogP contribution in [0.1, 0.15) is 43.0 Å². The van der Waals surface area contributed by atoms with E-state index in [1.807, 2.05) is 6.92 Å². The van der Waals surface area contributed by atoms with Crippen LogP contribution < -0.4 is 16.0 Å². The summed E-state index contributed by atoms with van der Waals surface area (Å²) in [6.07, 6.45) is 7.30. The normalized spacial score (nSPS) is 21.7. The van der Waals surface area contributed by atoms with E-state index in [0.717, 1.165) is 31.4 Å². The van der Waals surface area contributed by atoms with Crippen molar-refractivity contribution in [3.63, 3.8) is 0 Å².